The van der Waals surface area contributed by atoms with E-state index in [1.807, 2.05) is 29.2 Å². The number of alkyl halides is 2. The van der Waals surface area contributed by atoms with Gasteiger partial charge in [-0.25, -0.2) is 9.80 Å². The van der Waals surface area contributed by atoms with E-state index in [0.717, 1.165) is 18.5 Å². The van der Waals surface area contributed by atoms with Crippen LogP contribution in [0.3, 0.4) is 0 Å². The van der Waals surface area contributed by atoms with E-state index in [9.17, 15) is 23.2 Å². The zero-order valence-corrected chi connectivity index (χ0v) is 24.5. The molecular formula is C31H35F2N5O6. The minimum Gasteiger partial charge on any atom is -0.461 e. The molecule has 2 unspecified atom stereocenters. The molecule has 0 spiro atoms. The maximum Gasteiger partial charge on any atom is 0.387 e. The number of anilines is 3. The Bertz CT molecular complexity index is 1420. The van der Waals surface area contributed by atoms with Crippen LogP contribution in [0, 0.1) is 5.92 Å². The molecule has 2 atom stereocenters. The Morgan fingerprint density at radius 3 is 2.25 bits per heavy atom. The number of benzene rings is 2. The Hall–Kier alpha value is -4.10. The highest BCUT2D eigenvalue weighted by atomic mass is 19.3. The summed E-state index contributed by atoms with van der Waals surface area (Å²) < 4.78 is 41.3. The average Bonchev–Trinajstić information content (AvgIpc) is 3.39. The van der Waals surface area contributed by atoms with Gasteiger partial charge in [-0.15, -0.1) is 0 Å². The highest BCUT2D eigenvalue weighted by Gasteiger charge is 2.65. The molecule has 0 aliphatic carbocycles. The SMILES string of the molecule is CCOC(=O)C1=NN(c2ccc(OC(F)F)cc2)C2(N3CCOCC3)C(=O)N(c3ccc(N4CCCCC4=O)cc3)CCC12. The normalized spacial score (nSPS) is 24.4. The van der Waals surface area contributed by atoms with Gasteiger partial charge in [-0.2, -0.15) is 13.9 Å². The van der Waals surface area contributed by atoms with Crippen molar-refractivity contribution < 1.29 is 37.4 Å². The summed E-state index contributed by atoms with van der Waals surface area (Å²) in [6, 6.07) is 13.2. The number of fused-ring (bicyclic) bond motifs is 1. The first-order valence-electron chi connectivity index (χ1n) is 15.0. The van der Waals surface area contributed by atoms with E-state index in [-0.39, 0.29) is 29.9 Å². The summed E-state index contributed by atoms with van der Waals surface area (Å²) in [5.41, 5.74) is 0.552. The van der Waals surface area contributed by atoms with E-state index in [4.69, 9.17) is 14.6 Å². The van der Waals surface area contributed by atoms with Crippen molar-refractivity contribution in [3.8, 4) is 5.75 Å². The number of amides is 2. The third kappa shape index (κ3) is 5.28. The molecular weight excluding hydrogens is 576 g/mol. The largest absolute Gasteiger partial charge is 0.461 e. The number of ether oxygens (including phenoxy) is 3. The summed E-state index contributed by atoms with van der Waals surface area (Å²) in [6.07, 6.45) is 2.75. The summed E-state index contributed by atoms with van der Waals surface area (Å²) in [5, 5.41) is 6.27. The summed E-state index contributed by atoms with van der Waals surface area (Å²) in [6.45, 7) is 1.41. The number of piperidine rings is 2. The van der Waals surface area contributed by atoms with Gasteiger partial charge in [0.25, 0.3) is 5.91 Å². The van der Waals surface area contributed by atoms with Crippen molar-refractivity contribution in [2.75, 3.05) is 60.8 Å². The van der Waals surface area contributed by atoms with Crippen molar-refractivity contribution in [1.82, 2.24) is 4.90 Å². The van der Waals surface area contributed by atoms with Crippen LogP contribution in [0.25, 0.3) is 0 Å². The molecule has 2 amide bonds. The fourth-order valence-electron chi connectivity index (χ4n) is 6.67. The Labute approximate surface area is 253 Å². The molecule has 0 radical (unpaired) electrons. The number of rotatable bonds is 8. The molecule has 13 heteroatoms. The van der Waals surface area contributed by atoms with Crippen LogP contribution < -0.4 is 19.5 Å². The van der Waals surface area contributed by atoms with Crippen LogP contribution in [0.1, 0.15) is 32.6 Å². The van der Waals surface area contributed by atoms with Crippen molar-refractivity contribution in [3.63, 3.8) is 0 Å². The summed E-state index contributed by atoms with van der Waals surface area (Å²) in [4.78, 5) is 46.2. The molecule has 4 aliphatic heterocycles. The Balaban J connectivity index is 1.41. The molecule has 11 nitrogen and oxygen atoms in total. The maximum atomic E-state index is 15.0. The summed E-state index contributed by atoms with van der Waals surface area (Å²) >= 11 is 0. The lowest BCUT2D eigenvalue weighted by atomic mass is 9.79. The van der Waals surface area contributed by atoms with Crippen LogP contribution in [0.5, 0.6) is 5.75 Å². The first-order chi connectivity index (χ1) is 21.3. The monoisotopic (exact) mass is 611 g/mol. The van der Waals surface area contributed by atoms with Gasteiger partial charge < -0.3 is 24.0 Å². The van der Waals surface area contributed by atoms with Crippen molar-refractivity contribution in [2.24, 2.45) is 11.0 Å². The van der Waals surface area contributed by atoms with Gasteiger partial charge in [0.2, 0.25) is 11.6 Å². The molecule has 0 aromatic heterocycles. The summed E-state index contributed by atoms with van der Waals surface area (Å²) in [7, 11) is 0. The Morgan fingerprint density at radius 2 is 1.61 bits per heavy atom. The molecule has 2 aromatic rings. The lowest BCUT2D eigenvalue weighted by Crippen LogP contribution is -2.74. The zero-order valence-electron chi connectivity index (χ0n) is 24.5. The number of esters is 1. The van der Waals surface area contributed by atoms with Gasteiger partial charge in [0.15, 0.2) is 5.71 Å². The van der Waals surface area contributed by atoms with Crippen molar-refractivity contribution in [2.45, 2.75) is 44.9 Å². The van der Waals surface area contributed by atoms with Crippen molar-refractivity contribution in [1.29, 1.82) is 0 Å². The maximum absolute atomic E-state index is 15.0. The number of morpholine rings is 1. The van der Waals surface area contributed by atoms with Crippen LogP contribution in [0.2, 0.25) is 0 Å². The Morgan fingerprint density at radius 1 is 0.955 bits per heavy atom. The molecule has 4 heterocycles. The van der Waals surface area contributed by atoms with E-state index in [1.54, 1.807) is 28.9 Å². The molecule has 0 bridgehead atoms. The first-order valence-corrected chi connectivity index (χ1v) is 15.0. The molecule has 44 heavy (non-hydrogen) atoms. The van der Waals surface area contributed by atoms with Gasteiger partial charge in [-0.1, -0.05) is 0 Å². The fourth-order valence-corrected chi connectivity index (χ4v) is 6.67. The number of halogens is 2. The topological polar surface area (TPSA) is 104 Å². The average molecular weight is 612 g/mol. The third-order valence-electron chi connectivity index (χ3n) is 8.63. The predicted molar refractivity (Wildman–Crippen MR) is 158 cm³/mol. The van der Waals surface area contributed by atoms with Crippen molar-refractivity contribution >= 4 is 40.6 Å². The number of carbonyl (C=O) groups excluding carboxylic acids is 3. The van der Waals surface area contributed by atoms with Crippen LogP contribution in [0.15, 0.2) is 53.6 Å². The molecule has 3 fully saturated rings. The van der Waals surface area contributed by atoms with E-state index in [0.29, 0.717) is 63.6 Å². The van der Waals surface area contributed by atoms with Crippen LogP contribution in [-0.4, -0.2) is 86.7 Å². The van der Waals surface area contributed by atoms with Crippen molar-refractivity contribution in [3.05, 3.63) is 48.5 Å². The number of hydrogen-bond donors (Lipinski definition) is 0. The van der Waals surface area contributed by atoms with Crippen LogP contribution in [-0.2, 0) is 23.9 Å². The standard InChI is InChI=1S/C31H35F2N5O6/c1-2-43-28(40)27-25-14-16-37(22-8-6-21(7-9-22)36-15-4-3-5-26(36)39)29(41)31(25,35-17-19-42-20-18-35)38(34-27)23-10-12-24(13-11-23)44-30(32)33/h6-13,25,30H,2-5,14-20H2,1H3. The van der Waals surface area contributed by atoms with Gasteiger partial charge in [0.05, 0.1) is 31.4 Å². The van der Waals surface area contributed by atoms with E-state index < -0.39 is 24.2 Å². The molecule has 6 rings (SSSR count). The fraction of sp³-hybridized carbons (Fsp3) is 0.484. The number of hydrogen-bond acceptors (Lipinski definition) is 9. The van der Waals surface area contributed by atoms with E-state index in [1.165, 1.54) is 17.1 Å². The second kappa shape index (κ2) is 12.5. The van der Waals surface area contributed by atoms with E-state index >= 15 is 0 Å². The minimum absolute atomic E-state index is 0.0432. The predicted octanol–water partition coefficient (Wildman–Crippen LogP) is 3.63. The highest BCUT2D eigenvalue weighted by Crippen LogP contribution is 2.47. The van der Waals surface area contributed by atoms with Crippen LogP contribution in [0.4, 0.5) is 25.8 Å². The van der Waals surface area contributed by atoms with Gasteiger partial charge in [-0.3, -0.25) is 14.5 Å². The molecule has 0 saturated carbocycles. The second-order valence-electron chi connectivity index (χ2n) is 11.0. The second-order valence-corrected chi connectivity index (χ2v) is 11.0. The minimum atomic E-state index is -2.99. The number of hydrazone groups is 1. The van der Waals surface area contributed by atoms with E-state index in [2.05, 4.69) is 4.74 Å². The van der Waals surface area contributed by atoms with Gasteiger partial charge in [-0.05, 0) is 74.7 Å². The molecule has 3 saturated heterocycles. The van der Waals surface area contributed by atoms with Gasteiger partial charge in [0, 0.05) is 44.0 Å². The lowest BCUT2D eigenvalue weighted by Gasteiger charge is -2.53. The lowest BCUT2D eigenvalue weighted by molar-refractivity contribution is -0.140. The van der Waals surface area contributed by atoms with Gasteiger partial charge in [0.1, 0.15) is 5.75 Å². The molecule has 234 valence electrons. The molecule has 4 aliphatic rings. The Kier molecular flexibility index (Phi) is 8.50. The summed E-state index contributed by atoms with van der Waals surface area (Å²) in [5.74, 6) is -1.48. The first kappa shape index (κ1) is 29.9. The molecule has 0 N–H and O–H groups in total. The van der Waals surface area contributed by atoms with Crippen LogP contribution >= 0.6 is 0 Å². The smallest absolute Gasteiger partial charge is 0.387 e. The molecule has 2 aromatic carbocycles. The number of carbonyl (C=O) groups is 3. The third-order valence-corrected chi connectivity index (χ3v) is 8.63. The zero-order chi connectivity index (χ0) is 30.8. The number of nitrogens with zero attached hydrogens (tertiary/aromatic N) is 5. The highest BCUT2D eigenvalue weighted by molar-refractivity contribution is 6.40. The quantitative estimate of drug-likeness (QED) is 0.417. The van der Waals surface area contributed by atoms with Gasteiger partial charge >= 0.3 is 12.6 Å².